The first-order chi connectivity index (χ1) is 8.92. The molecule has 0 amide bonds. The summed E-state index contributed by atoms with van der Waals surface area (Å²) in [5.74, 6) is -1.17. The fourth-order valence-corrected chi connectivity index (χ4v) is 1.66. The van der Waals surface area contributed by atoms with Gasteiger partial charge < -0.3 is 9.64 Å². The van der Waals surface area contributed by atoms with Crippen LogP contribution in [-0.4, -0.2) is 32.1 Å². The largest absolute Gasteiger partial charge is 0.465 e. The van der Waals surface area contributed by atoms with Gasteiger partial charge in [-0.15, -0.1) is 0 Å². The predicted molar refractivity (Wildman–Crippen MR) is 69.5 cm³/mol. The molecule has 0 aromatic heterocycles. The average molecular weight is 262 g/mol. The minimum Gasteiger partial charge on any atom is -0.465 e. The van der Waals surface area contributed by atoms with Gasteiger partial charge in [0.15, 0.2) is 0 Å². The second kappa shape index (κ2) is 6.01. The molecule has 4 nitrogen and oxygen atoms in total. The molecule has 5 heteroatoms. The average Bonchev–Trinajstić information content (AvgIpc) is 2.38. The van der Waals surface area contributed by atoms with Crippen molar-refractivity contribution in [1.29, 1.82) is 5.26 Å². The van der Waals surface area contributed by atoms with Crippen molar-refractivity contribution in [3.8, 4) is 6.07 Å². The second-order valence-corrected chi connectivity index (χ2v) is 4.21. The number of halogens is 1. The van der Waals surface area contributed by atoms with E-state index in [4.69, 9.17) is 10.00 Å². The Morgan fingerprint density at radius 1 is 1.47 bits per heavy atom. The number of ether oxygens (including phenoxy) is 1. The highest BCUT2D eigenvalue weighted by Crippen LogP contribution is 2.24. The molecule has 0 fully saturated rings. The number of hydrogen-bond acceptors (Lipinski definition) is 4. The first kappa shape index (κ1) is 14.7. The lowest BCUT2D eigenvalue weighted by atomic mass is 9.98. The molecule has 0 bridgehead atoms. The van der Waals surface area contributed by atoms with Gasteiger partial charge in [-0.05, 0) is 24.1 Å². The Labute approximate surface area is 111 Å². The van der Waals surface area contributed by atoms with E-state index in [0.29, 0.717) is 5.56 Å². The van der Waals surface area contributed by atoms with Gasteiger partial charge >= 0.3 is 5.97 Å². The first-order valence-electron chi connectivity index (χ1n) is 5.58. The van der Waals surface area contributed by atoms with Crippen molar-refractivity contribution in [2.24, 2.45) is 0 Å². The van der Waals surface area contributed by atoms with E-state index in [9.17, 15) is 9.18 Å². The van der Waals surface area contributed by atoms with Gasteiger partial charge in [0, 0.05) is 20.3 Å². The molecule has 0 aliphatic heterocycles. The van der Waals surface area contributed by atoms with Crippen LogP contribution in [0.3, 0.4) is 0 Å². The molecular weight excluding hydrogens is 247 g/mol. The maximum atomic E-state index is 13.9. The topological polar surface area (TPSA) is 53.3 Å². The van der Waals surface area contributed by atoms with Gasteiger partial charge in [0.2, 0.25) is 0 Å². The first-order valence-corrected chi connectivity index (χ1v) is 5.58. The number of hydrogen-bond donors (Lipinski definition) is 0. The number of nitriles is 1. The summed E-state index contributed by atoms with van der Waals surface area (Å²) in [6.07, 6.45) is 1.56. The van der Waals surface area contributed by atoms with Crippen molar-refractivity contribution in [2.45, 2.75) is 6.92 Å². The summed E-state index contributed by atoms with van der Waals surface area (Å²) >= 11 is 0. The van der Waals surface area contributed by atoms with Crippen molar-refractivity contribution in [1.82, 2.24) is 4.90 Å². The summed E-state index contributed by atoms with van der Waals surface area (Å²) in [7, 11) is 4.76. The SMILES string of the molecule is COC(=O)/C(=C\N(C)C)c1ccc(C#N)c(F)c1C. The zero-order valence-corrected chi connectivity index (χ0v) is 11.3. The van der Waals surface area contributed by atoms with Gasteiger partial charge in [-0.1, -0.05) is 6.07 Å². The van der Waals surface area contributed by atoms with Crippen molar-refractivity contribution >= 4 is 11.5 Å². The van der Waals surface area contributed by atoms with Gasteiger partial charge in [-0.3, -0.25) is 0 Å². The molecule has 0 heterocycles. The van der Waals surface area contributed by atoms with Crippen molar-refractivity contribution < 1.29 is 13.9 Å². The van der Waals surface area contributed by atoms with E-state index in [-0.39, 0.29) is 16.7 Å². The minimum absolute atomic E-state index is 0.0460. The summed E-state index contributed by atoms with van der Waals surface area (Å²) in [5.41, 5.74) is 0.860. The Kier molecular flexibility index (Phi) is 4.65. The number of esters is 1. The van der Waals surface area contributed by atoms with E-state index < -0.39 is 11.8 Å². The number of rotatable bonds is 3. The Morgan fingerprint density at radius 3 is 2.58 bits per heavy atom. The van der Waals surface area contributed by atoms with E-state index >= 15 is 0 Å². The number of benzene rings is 1. The van der Waals surface area contributed by atoms with Gasteiger partial charge in [0.1, 0.15) is 11.9 Å². The molecule has 0 spiro atoms. The van der Waals surface area contributed by atoms with E-state index in [2.05, 4.69) is 0 Å². The van der Waals surface area contributed by atoms with E-state index in [1.54, 1.807) is 37.3 Å². The van der Waals surface area contributed by atoms with Crippen LogP contribution in [0.5, 0.6) is 0 Å². The number of methoxy groups -OCH3 is 1. The van der Waals surface area contributed by atoms with E-state index in [1.165, 1.54) is 20.1 Å². The molecule has 0 unspecified atom stereocenters. The summed E-state index contributed by atoms with van der Waals surface area (Å²) in [5, 5.41) is 8.77. The highest BCUT2D eigenvalue weighted by atomic mass is 19.1. The van der Waals surface area contributed by atoms with Crippen molar-refractivity contribution in [2.75, 3.05) is 21.2 Å². The molecule has 0 radical (unpaired) electrons. The molecule has 19 heavy (non-hydrogen) atoms. The Morgan fingerprint density at radius 2 is 2.11 bits per heavy atom. The Hall–Kier alpha value is -2.35. The number of carbonyl (C=O) groups excluding carboxylic acids is 1. The van der Waals surface area contributed by atoms with E-state index in [0.717, 1.165) is 0 Å². The maximum absolute atomic E-state index is 13.9. The summed E-state index contributed by atoms with van der Waals surface area (Å²) < 4.78 is 18.6. The van der Waals surface area contributed by atoms with Crippen LogP contribution in [0.25, 0.3) is 5.57 Å². The van der Waals surface area contributed by atoms with E-state index in [1.807, 2.05) is 0 Å². The predicted octanol–water partition coefficient (Wildman–Crippen LogP) is 2.08. The van der Waals surface area contributed by atoms with Crippen LogP contribution in [0.1, 0.15) is 16.7 Å². The molecular formula is C14H15FN2O2. The van der Waals surface area contributed by atoms with Crippen LogP contribution in [0.15, 0.2) is 18.3 Å². The smallest absolute Gasteiger partial charge is 0.339 e. The van der Waals surface area contributed by atoms with Crippen molar-refractivity contribution in [3.63, 3.8) is 0 Å². The lowest BCUT2D eigenvalue weighted by molar-refractivity contribution is -0.133. The molecule has 1 aromatic rings. The zero-order chi connectivity index (χ0) is 14.6. The molecule has 0 aliphatic rings. The van der Waals surface area contributed by atoms with Gasteiger partial charge in [0.05, 0.1) is 18.2 Å². The lowest BCUT2D eigenvalue weighted by Gasteiger charge is -2.13. The van der Waals surface area contributed by atoms with Crippen LogP contribution in [0, 0.1) is 24.1 Å². The standard InChI is InChI=1S/C14H15FN2O2/c1-9-11(6-5-10(7-16)13(9)15)12(8-17(2)3)14(18)19-4/h5-6,8H,1-4H3/b12-8-. The Bertz CT molecular complexity index is 572. The quantitative estimate of drug-likeness (QED) is 0.618. The van der Waals surface area contributed by atoms with Gasteiger partial charge in [0.25, 0.3) is 0 Å². The third-order valence-corrected chi connectivity index (χ3v) is 2.59. The molecule has 0 saturated carbocycles. The number of carbonyl (C=O) groups is 1. The van der Waals surface area contributed by atoms with Crippen LogP contribution in [0.4, 0.5) is 4.39 Å². The molecule has 1 rings (SSSR count). The molecule has 0 atom stereocenters. The van der Waals surface area contributed by atoms with Crippen LogP contribution >= 0.6 is 0 Å². The van der Waals surface area contributed by atoms with Crippen LogP contribution in [0.2, 0.25) is 0 Å². The molecule has 0 aliphatic carbocycles. The highest BCUT2D eigenvalue weighted by molar-refractivity contribution is 6.16. The fourth-order valence-electron chi connectivity index (χ4n) is 1.66. The van der Waals surface area contributed by atoms with Crippen molar-refractivity contribution in [3.05, 3.63) is 40.8 Å². The molecule has 0 saturated heterocycles. The van der Waals surface area contributed by atoms with Crippen LogP contribution < -0.4 is 0 Å². The minimum atomic E-state index is -0.617. The maximum Gasteiger partial charge on any atom is 0.339 e. The molecule has 0 N–H and O–H groups in total. The monoisotopic (exact) mass is 262 g/mol. The normalized spacial score (nSPS) is 10.8. The second-order valence-electron chi connectivity index (χ2n) is 4.21. The highest BCUT2D eigenvalue weighted by Gasteiger charge is 2.18. The van der Waals surface area contributed by atoms with Gasteiger partial charge in [-0.2, -0.15) is 5.26 Å². The molecule has 100 valence electrons. The third kappa shape index (κ3) is 3.10. The summed E-state index contributed by atoms with van der Waals surface area (Å²) in [4.78, 5) is 13.4. The lowest BCUT2D eigenvalue weighted by Crippen LogP contribution is -2.11. The molecule has 1 aromatic carbocycles. The van der Waals surface area contributed by atoms with Gasteiger partial charge in [-0.25, -0.2) is 9.18 Å². The Balaban J connectivity index is 3.46. The summed E-state index contributed by atoms with van der Waals surface area (Å²) in [6.45, 7) is 1.53. The fraction of sp³-hybridized carbons (Fsp3) is 0.286. The zero-order valence-electron chi connectivity index (χ0n) is 11.3. The summed E-state index contributed by atoms with van der Waals surface area (Å²) in [6, 6.07) is 4.66. The third-order valence-electron chi connectivity index (χ3n) is 2.59. The number of nitrogens with zero attached hydrogens (tertiary/aromatic N) is 2. The van der Waals surface area contributed by atoms with Crippen LogP contribution in [-0.2, 0) is 9.53 Å².